The highest BCUT2D eigenvalue weighted by atomic mass is 79.9. The number of hydrogen-bond acceptors (Lipinski definition) is 2. The van der Waals surface area contributed by atoms with Gasteiger partial charge in [0.05, 0.1) is 22.1 Å². The van der Waals surface area contributed by atoms with Gasteiger partial charge in [-0.05, 0) is 70.8 Å². The van der Waals surface area contributed by atoms with Gasteiger partial charge in [-0.25, -0.2) is 9.97 Å². The number of rotatable bonds is 5. The van der Waals surface area contributed by atoms with Crippen LogP contribution in [0.25, 0.3) is 33.2 Å². The Bertz CT molecular complexity index is 1490. The summed E-state index contributed by atoms with van der Waals surface area (Å²) in [6.07, 6.45) is 1.55. The lowest BCUT2D eigenvalue weighted by Gasteiger charge is -2.02. The van der Waals surface area contributed by atoms with Crippen LogP contribution in [0.1, 0.15) is 22.8 Å². The molecule has 0 aliphatic rings. The van der Waals surface area contributed by atoms with Crippen LogP contribution in [-0.2, 0) is 12.8 Å². The molecule has 0 saturated carbocycles. The third kappa shape index (κ3) is 4.43. The van der Waals surface area contributed by atoms with Crippen LogP contribution < -0.4 is 0 Å². The van der Waals surface area contributed by atoms with Gasteiger partial charge in [0.15, 0.2) is 0 Å². The third-order valence-corrected chi connectivity index (χ3v) is 7.02. The van der Waals surface area contributed by atoms with E-state index in [0.29, 0.717) is 0 Å². The van der Waals surface area contributed by atoms with Crippen molar-refractivity contribution in [2.75, 3.05) is 0 Å². The molecular formula is C28H20Br2N4. The van der Waals surface area contributed by atoms with Crippen molar-refractivity contribution in [2.45, 2.75) is 12.8 Å². The molecule has 0 amide bonds. The maximum Gasteiger partial charge on any atom is 0.111 e. The zero-order valence-corrected chi connectivity index (χ0v) is 21.3. The molecule has 0 spiro atoms. The van der Waals surface area contributed by atoms with Crippen LogP contribution in [-0.4, -0.2) is 19.9 Å². The SMILES string of the molecule is Brc1ccc(Cc2nc3ccc(-c4ccc5nc(Cc6ccc(Br)cc6)[nH]c5c4)cc3[nH]2)cc1. The monoisotopic (exact) mass is 570 g/mol. The van der Waals surface area contributed by atoms with Gasteiger partial charge in [0.25, 0.3) is 0 Å². The highest BCUT2D eigenvalue weighted by Crippen LogP contribution is 2.27. The first-order valence-corrected chi connectivity index (χ1v) is 12.6. The van der Waals surface area contributed by atoms with Crippen LogP contribution in [0.4, 0.5) is 0 Å². The van der Waals surface area contributed by atoms with E-state index < -0.39 is 0 Å². The topological polar surface area (TPSA) is 57.4 Å². The Morgan fingerprint density at radius 1 is 0.529 bits per heavy atom. The quantitative estimate of drug-likeness (QED) is 0.222. The molecule has 166 valence electrons. The highest BCUT2D eigenvalue weighted by molar-refractivity contribution is 9.10. The van der Waals surface area contributed by atoms with Gasteiger partial charge in [-0.1, -0.05) is 68.3 Å². The highest BCUT2D eigenvalue weighted by Gasteiger charge is 2.09. The number of hydrogen-bond donors (Lipinski definition) is 2. The number of imidazole rings is 2. The van der Waals surface area contributed by atoms with E-state index in [2.05, 4.69) is 127 Å². The number of fused-ring (bicyclic) bond motifs is 2. The van der Waals surface area contributed by atoms with Crippen molar-refractivity contribution >= 4 is 53.9 Å². The van der Waals surface area contributed by atoms with Crippen LogP contribution >= 0.6 is 31.9 Å². The van der Waals surface area contributed by atoms with E-state index in [-0.39, 0.29) is 0 Å². The fourth-order valence-electron chi connectivity index (χ4n) is 4.24. The molecule has 0 bridgehead atoms. The normalized spacial score (nSPS) is 11.5. The Morgan fingerprint density at radius 2 is 0.941 bits per heavy atom. The lowest BCUT2D eigenvalue weighted by molar-refractivity contribution is 1.04. The van der Waals surface area contributed by atoms with Crippen LogP contribution in [0, 0.1) is 0 Å². The standard InChI is InChI=1S/C28H20Br2N4/c29-21-7-1-17(2-8-21)13-27-31-23-11-5-19(15-25(23)33-27)20-6-12-24-26(16-20)34-28(32-24)14-18-3-9-22(30)10-4-18/h1-12,15-16H,13-14H2,(H,31,33)(H,32,34). The number of aromatic nitrogens is 4. The average molecular weight is 572 g/mol. The van der Waals surface area contributed by atoms with Crippen molar-refractivity contribution in [2.24, 2.45) is 0 Å². The average Bonchev–Trinajstić information content (AvgIpc) is 3.43. The zero-order valence-electron chi connectivity index (χ0n) is 18.1. The fraction of sp³-hybridized carbons (Fsp3) is 0.0714. The van der Waals surface area contributed by atoms with E-state index in [1.165, 1.54) is 11.1 Å². The molecule has 6 rings (SSSR count). The molecule has 4 nitrogen and oxygen atoms in total. The van der Waals surface area contributed by atoms with Gasteiger partial charge in [-0.15, -0.1) is 0 Å². The molecule has 0 radical (unpaired) electrons. The van der Waals surface area contributed by atoms with Crippen LogP contribution in [0.15, 0.2) is 93.9 Å². The zero-order chi connectivity index (χ0) is 23.1. The molecule has 4 aromatic carbocycles. The van der Waals surface area contributed by atoms with Crippen molar-refractivity contribution in [1.29, 1.82) is 0 Å². The molecule has 0 unspecified atom stereocenters. The van der Waals surface area contributed by atoms with Crippen molar-refractivity contribution in [1.82, 2.24) is 19.9 Å². The summed E-state index contributed by atoms with van der Waals surface area (Å²) in [6, 6.07) is 29.5. The van der Waals surface area contributed by atoms with Gasteiger partial charge in [-0.3, -0.25) is 0 Å². The lowest BCUT2D eigenvalue weighted by Crippen LogP contribution is -1.89. The van der Waals surface area contributed by atoms with E-state index in [1.54, 1.807) is 0 Å². The number of aromatic amines is 2. The minimum absolute atomic E-state index is 0.776. The predicted octanol–water partition coefficient (Wildman–Crippen LogP) is 7.81. The van der Waals surface area contributed by atoms with Gasteiger partial charge in [0, 0.05) is 21.8 Å². The van der Waals surface area contributed by atoms with Gasteiger partial charge >= 0.3 is 0 Å². The minimum atomic E-state index is 0.776. The van der Waals surface area contributed by atoms with Gasteiger partial charge in [0.2, 0.25) is 0 Å². The molecule has 0 aliphatic heterocycles. The largest absolute Gasteiger partial charge is 0.342 e. The number of benzene rings is 4. The molecule has 2 heterocycles. The Morgan fingerprint density at radius 3 is 1.35 bits per heavy atom. The molecule has 0 atom stereocenters. The fourth-order valence-corrected chi connectivity index (χ4v) is 4.77. The van der Waals surface area contributed by atoms with Gasteiger partial charge < -0.3 is 9.97 Å². The molecule has 0 saturated heterocycles. The summed E-state index contributed by atoms with van der Waals surface area (Å²) in [7, 11) is 0. The molecular weight excluding hydrogens is 552 g/mol. The second-order valence-corrected chi connectivity index (χ2v) is 10.3. The molecule has 6 heteroatoms. The molecule has 2 aromatic heterocycles. The van der Waals surface area contributed by atoms with Gasteiger partial charge in [0.1, 0.15) is 11.6 Å². The Labute approximate surface area is 213 Å². The Kier molecular flexibility index (Phi) is 5.55. The van der Waals surface area contributed by atoms with Crippen molar-refractivity contribution in [3.8, 4) is 11.1 Å². The summed E-state index contributed by atoms with van der Waals surface area (Å²) in [5.74, 6) is 1.94. The Hall–Kier alpha value is -3.22. The summed E-state index contributed by atoms with van der Waals surface area (Å²) >= 11 is 6.98. The number of nitrogens with zero attached hydrogens (tertiary/aromatic N) is 2. The van der Waals surface area contributed by atoms with E-state index in [4.69, 9.17) is 9.97 Å². The second-order valence-electron chi connectivity index (χ2n) is 8.44. The van der Waals surface area contributed by atoms with Crippen LogP contribution in [0.2, 0.25) is 0 Å². The molecule has 0 fully saturated rings. The van der Waals surface area contributed by atoms with E-state index in [1.807, 2.05) is 0 Å². The lowest BCUT2D eigenvalue weighted by atomic mass is 10.0. The summed E-state index contributed by atoms with van der Waals surface area (Å²) in [6.45, 7) is 0. The van der Waals surface area contributed by atoms with Crippen LogP contribution in [0.5, 0.6) is 0 Å². The van der Waals surface area contributed by atoms with Gasteiger partial charge in [-0.2, -0.15) is 0 Å². The number of H-pyrrole nitrogens is 2. The number of halogens is 2. The second kappa shape index (κ2) is 8.85. The molecule has 2 N–H and O–H groups in total. The minimum Gasteiger partial charge on any atom is -0.342 e. The predicted molar refractivity (Wildman–Crippen MR) is 145 cm³/mol. The van der Waals surface area contributed by atoms with Crippen molar-refractivity contribution in [3.63, 3.8) is 0 Å². The third-order valence-electron chi connectivity index (χ3n) is 5.96. The smallest absolute Gasteiger partial charge is 0.111 e. The van der Waals surface area contributed by atoms with Crippen molar-refractivity contribution < 1.29 is 0 Å². The van der Waals surface area contributed by atoms with Crippen molar-refractivity contribution in [3.05, 3.63) is 117 Å². The summed E-state index contributed by atoms with van der Waals surface area (Å²) in [5, 5.41) is 0. The summed E-state index contributed by atoms with van der Waals surface area (Å²) in [4.78, 5) is 16.5. The number of nitrogens with one attached hydrogen (secondary N) is 2. The summed E-state index contributed by atoms with van der Waals surface area (Å²) in [5.41, 5.74) is 8.81. The Balaban J connectivity index is 1.27. The first-order valence-electron chi connectivity index (χ1n) is 11.1. The summed E-state index contributed by atoms with van der Waals surface area (Å²) < 4.78 is 2.17. The maximum atomic E-state index is 4.78. The van der Waals surface area contributed by atoms with E-state index >= 15 is 0 Å². The molecule has 6 aromatic rings. The molecule has 0 aliphatic carbocycles. The first kappa shape index (κ1) is 21.3. The first-order chi connectivity index (χ1) is 16.6. The maximum absolute atomic E-state index is 4.78. The molecule has 34 heavy (non-hydrogen) atoms. The van der Waals surface area contributed by atoms with Crippen LogP contribution in [0.3, 0.4) is 0 Å². The van der Waals surface area contributed by atoms with E-state index in [0.717, 1.165) is 66.6 Å². The van der Waals surface area contributed by atoms with E-state index in [9.17, 15) is 0 Å².